The number of hydrogen-bond acceptors (Lipinski definition) is 5. The summed E-state index contributed by atoms with van der Waals surface area (Å²) in [6.45, 7) is 2.78. The second kappa shape index (κ2) is 13.1. The maximum absolute atomic E-state index is 12.0. The number of benzene rings is 3. The highest BCUT2D eigenvalue weighted by Gasteiger charge is 2.07. The molecule has 0 atom stereocenters. The van der Waals surface area contributed by atoms with E-state index in [0.29, 0.717) is 46.9 Å². The van der Waals surface area contributed by atoms with Gasteiger partial charge in [0.15, 0.2) is 11.5 Å². The third-order valence-electron chi connectivity index (χ3n) is 4.37. The first-order chi connectivity index (χ1) is 16.0. The fraction of sp³-hybridized carbons (Fsp3) is 0.200. The van der Waals surface area contributed by atoms with E-state index in [0.717, 1.165) is 16.0 Å². The molecule has 3 aromatic carbocycles. The third kappa shape index (κ3) is 8.65. The van der Waals surface area contributed by atoms with Crippen LogP contribution in [0.5, 0.6) is 11.5 Å². The van der Waals surface area contributed by atoms with Gasteiger partial charge in [0.2, 0.25) is 5.91 Å². The van der Waals surface area contributed by atoms with Crippen molar-refractivity contribution in [3.63, 3.8) is 0 Å². The molecule has 0 aliphatic carbocycles. The highest BCUT2D eigenvalue weighted by molar-refractivity contribution is 7.99. The Hall–Kier alpha value is -2.67. The quantitative estimate of drug-likeness (QED) is 0.182. The van der Waals surface area contributed by atoms with Crippen LogP contribution in [0.25, 0.3) is 0 Å². The van der Waals surface area contributed by atoms with Gasteiger partial charge in [0.05, 0.1) is 12.8 Å². The largest absolute Gasteiger partial charge is 0.490 e. The molecule has 33 heavy (non-hydrogen) atoms. The van der Waals surface area contributed by atoms with Gasteiger partial charge < -0.3 is 9.47 Å². The van der Waals surface area contributed by atoms with E-state index in [4.69, 9.17) is 32.7 Å². The predicted octanol–water partition coefficient (Wildman–Crippen LogP) is 6.60. The normalized spacial score (nSPS) is 10.9. The van der Waals surface area contributed by atoms with E-state index < -0.39 is 0 Å². The molecular formula is C25H24Cl2N2O3S. The molecule has 0 fully saturated rings. The molecule has 0 spiro atoms. The first kappa shape index (κ1) is 25.0. The van der Waals surface area contributed by atoms with Crippen LogP contribution in [0.4, 0.5) is 0 Å². The lowest BCUT2D eigenvalue weighted by molar-refractivity contribution is -0.120. The Morgan fingerprint density at radius 3 is 2.58 bits per heavy atom. The van der Waals surface area contributed by atoms with Crippen molar-refractivity contribution in [1.82, 2.24) is 5.43 Å². The highest BCUT2D eigenvalue weighted by atomic mass is 35.5. The molecular weight excluding hydrogens is 479 g/mol. The van der Waals surface area contributed by atoms with Gasteiger partial charge in [0, 0.05) is 27.1 Å². The average Bonchev–Trinajstić information content (AvgIpc) is 2.80. The van der Waals surface area contributed by atoms with E-state index in [-0.39, 0.29) is 5.91 Å². The maximum atomic E-state index is 12.0. The number of nitrogens with zero attached hydrogens (tertiary/aromatic N) is 1. The van der Waals surface area contributed by atoms with Gasteiger partial charge in [-0.25, -0.2) is 5.43 Å². The average molecular weight is 503 g/mol. The number of hydrazone groups is 1. The Labute approximate surface area is 208 Å². The molecule has 0 radical (unpaired) electrons. The van der Waals surface area contributed by atoms with Crippen LogP contribution in [0.2, 0.25) is 10.0 Å². The zero-order chi connectivity index (χ0) is 23.5. The van der Waals surface area contributed by atoms with Crippen molar-refractivity contribution < 1.29 is 14.3 Å². The van der Waals surface area contributed by atoms with Crippen molar-refractivity contribution in [2.24, 2.45) is 5.10 Å². The molecule has 0 heterocycles. The molecule has 1 N–H and O–H groups in total. The molecule has 0 aromatic heterocycles. The number of rotatable bonds is 11. The Morgan fingerprint density at radius 2 is 1.82 bits per heavy atom. The summed E-state index contributed by atoms with van der Waals surface area (Å²) in [5.74, 6) is 1.72. The Kier molecular flexibility index (Phi) is 9.94. The lowest BCUT2D eigenvalue weighted by atomic mass is 10.2. The first-order valence-corrected chi connectivity index (χ1v) is 12.1. The summed E-state index contributed by atoms with van der Waals surface area (Å²) >= 11 is 13.5. The second-order valence-electron chi connectivity index (χ2n) is 6.90. The summed E-state index contributed by atoms with van der Waals surface area (Å²) in [6.07, 6.45) is 1.93. The summed E-state index contributed by atoms with van der Waals surface area (Å²) in [6, 6.07) is 20.5. The number of amides is 1. The van der Waals surface area contributed by atoms with Crippen LogP contribution in [0.15, 0.2) is 76.7 Å². The summed E-state index contributed by atoms with van der Waals surface area (Å²) in [5.41, 5.74) is 4.30. The van der Waals surface area contributed by atoms with Crippen LogP contribution in [-0.2, 0) is 11.4 Å². The molecule has 0 aliphatic rings. The van der Waals surface area contributed by atoms with Gasteiger partial charge >= 0.3 is 0 Å². The number of carbonyl (C=O) groups excluding carboxylic acids is 1. The topological polar surface area (TPSA) is 59.9 Å². The van der Waals surface area contributed by atoms with E-state index in [2.05, 4.69) is 10.5 Å². The fourth-order valence-corrected chi connectivity index (χ4v) is 4.00. The molecule has 0 bridgehead atoms. The van der Waals surface area contributed by atoms with Gasteiger partial charge in [-0.15, -0.1) is 11.8 Å². The second-order valence-corrected chi connectivity index (χ2v) is 8.94. The molecule has 5 nitrogen and oxygen atoms in total. The molecule has 8 heteroatoms. The molecule has 0 saturated carbocycles. The minimum absolute atomic E-state index is 0.153. The predicted molar refractivity (Wildman–Crippen MR) is 136 cm³/mol. The minimum Gasteiger partial charge on any atom is -0.490 e. The van der Waals surface area contributed by atoms with Crippen LogP contribution in [0, 0.1) is 0 Å². The Bertz CT molecular complexity index is 1090. The van der Waals surface area contributed by atoms with Crippen molar-refractivity contribution >= 4 is 47.1 Å². The van der Waals surface area contributed by atoms with Crippen molar-refractivity contribution in [2.45, 2.75) is 24.8 Å². The number of nitrogens with one attached hydrogen (secondary N) is 1. The van der Waals surface area contributed by atoms with E-state index in [9.17, 15) is 4.79 Å². The summed E-state index contributed by atoms with van der Waals surface area (Å²) in [5, 5.41) is 5.41. The van der Waals surface area contributed by atoms with Crippen LogP contribution in [0.1, 0.15) is 24.5 Å². The van der Waals surface area contributed by atoms with Gasteiger partial charge in [-0.05, 0) is 72.6 Å². The number of thioether (sulfide) groups is 1. The lowest BCUT2D eigenvalue weighted by Crippen LogP contribution is -2.17. The first-order valence-electron chi connectivity index (χ1n) is 10.4. The molecule has 0 unspecified atom stereocenters. The standard InChI is InChI=1S/C25H24Cl2N2O3S/c1-2-31-24-15-18(6-11-23(24)32-17-19-4-3-5-21(27)14-19)16-28-29-25(30)12-13-33-22-9-7-20(26)8-10-22/h3-11,14-16H,2,12-13,17H2,1H3,(H,29,30)/b28-16+. The van der Waals surface area contributed by atoms with Gasteiger partial charge in [-0.2, -0.15) is 5.10 Å². The van der Waals surface area contributed by atoms with E-state index in [1.807, 2.05) is 73.7 Å². The Balaban J connectivity index is 1.50. The van der Waals surface area contributed by atoms with Crippen LogP contribution >= 0.6 is 35.0 Å². The van der Waals surface area contributed by atoms with Gasteiger partial charge in [-0.1, -0.05) is 35.3 Å². The van der Waals surface area contributed by atoms with Crippen molar-refractivity contribution in [3.8, 4) is 11.5 Å². The number of hydrogen-bond donors (Lipinski definition) is 1. The Morgan fingerprint density at radius 1 is 1.00 bits per heavy atom. The van der Waals surface area contributed by atoms with Gasteiger partial charge in [0.1, 0.15) is 6.61 Å². The molecule has 172 valence electrons. The van der Waals surface area contributed by atoms with Crippen LogP contribution in [0.3, 0.4) is 0 Å². The van der Waals surface area contributed by atoms with E-state index >= 15 is 0 Å². The fourth-order valence-electron chi connectivity index (χ4n) is 2.81. The van der Waals surface area contributed by atoms with Crippen molar-refractivity contribution in [3.05, 3.63) is 87.9 Å². The molecule has 0 aliphatic heterocycles. The van der Waals surface area contributed by atoms with Crippen molar-refractivity contribution in [2.75, 3.05) is 12.4 Å². The summed E-state index contributed by atoms with van der Waals surface area (Å²) in [4.78, 5) is 13.1. The molecule has 3 rings (SSSR count). The summed E-state index contributed by atoms with van der Waals surface area (Å²) < 4.78 is 11.6. The number of ether oxygens (including phenoxy) is 2. The SMILES string of the molecule is CCOc1cc(/C=N/NC(=O)CCSc2ccc(Cl)cc2)ccc1OCc1cccc(Cl)c1. The lowest BCUT2D eigenvalue weighted by Gasteiger charge is -2.12. The van der Waals surface area contributed by atoms with Crippen molar-refractivity contribution in [1.29, 1.82) is 0 Å². The molecule has 0 saturated heterocycles. The zero-order valence-electron chi connectivity index (χ0n) is 18.1. The monoisotopic (exact) mass is 502 g/mol. The van der Waals surface area contributed by atoms with Gasteiger partial charge in [-0.3, -0.25) is 4.79 Å². The van der Waals surface area contributed by atoms with E-state index in [1.54, 1.807) is 18.0 Å². The highest BCUT2D eigenvalue weighted by Crippen LogP contribution is 2.29. The van der Waals surface area contributed by atoms with Gasteiger partial charge in [0.25, 0.3) is 0 Å². The maximum Gasteiger partial charge on any atom is 0.240 e. The smallest absolute Gasteiger partial charge is 0.240 e. The summed E-state index contributed by atoms with van der Waals surface area (Å²) in [7, 11) is 0. The minimum atomic E-state index is -0.153. The zero-order valence-corrected chi connectivity index (χ0v) is 20.4. The number of halogens is 2. The third-order valence-corrected chi connectivity index (χ3v) is 5.87. The molecule has 3 aromatic rings. The van der Waals surface area contributed by atoms with Crippen LogP contribution < -0.4 is 14.9 Å². The van der Waals surface area contributed by atoms with E-state index in [1.165, 1.54) is 0 Å². The van der Waals surface area contributed by atoms with Crippen LogP contribution in [-0.4, -0.2) is 24.5 Å². The number of carbonyl (C=O) groups is 1. The molecule has 1 amide bonds.